The summed E-state index contributed by atoms with van der Waals surface area (Å²) < 4.78 is 11.1. The summed E-state index contributed by atoms with van der Waals surface area (Å²) in [5.41, 5.74) is 3.73. The van der Waals surface area contributed by atoms with E-state index in [1.807, 2.05) is 31.2 Å². The van der Waals surface area contributed by atoms with Crippen molar-refractivity contribution in [2.24, 2.45) is 4.99 Å². The maximum Gasteiger partial charge on any atom is 0.296 e. The zero-order valence-corrected chi connectivity index (χ0v) is 19.8. The number of benzene rings is 2. The quantitative estimate of drug-likeness (QED) is 0.277. The van der Waals surface area contributed by atoms with Gasteiger partial charge in [0.1, 0.15) is 18.4 Å². The Bertz CT molecular complexity index is 1290. The van der Waals surface area contributed by atoms with Crippen molar-refractivity contribution in [3.63, 3.8) is 0 Å². The van der Waals surface area contributed by atoms with Gasteiger partial charge >= 0.3 is 0 Å². The van der Waals surface area contributed by atoms with Crippen LogP contribution < -0.4 is 14.8 Å². The molecule has 1 aromatic heterocycles. The minimum Gasteiger partial charge on any atom is -0.495 e. The maximum absolute atomic E-state index is 13.1. The lowest BCUT2D eigenvalue weighted by molar-refractivity contribution is -0.112. The van der Waals surface area contributed by atoms with Crippen LogP contribution in [0.15, 0.2) is 65.7 Å². The Kier molecular flexibility index (Phi) is 8.26. The molecule has 2 aromatic carbocycles. The highest BCUT2D eigenvalue weighted by atomic mass is 32.1. The van der Waals surface area contributed by atoms with E-state index in [1.165, 1.54) is 25.0 Å². The van der Waals surface area contributed by atoms with Crippen LogP contribution in [0.5, 0.6) is 10.9 Å². The first-order chi connectivity index (χ1) is 16.5. The van der Waals surface area contributed by atoms with Gasteiger partial charge in [0.15, 0.2) is 0 Å². The fourth-order valence-corrected chi connectivity index (χ4v) is 3.70. The molecule has 0 spiro atoms. The molecular weight excluding hydrogens is 450 g/mol. The molecule has 172 valence electrons. The summed E-state index contributed by atoms with van der Waals surface area (Å²) >= 11 is 1.11. The van der Waals surface area contributed by atoms with Crippen LogP contribution in [0.2, 0.25) is 0 Å². The third-order valence-corrected chi connectivity index (χ3v) is 5.49. The van der Waals surface area contributed by atoms with E-state index in [-0.39, 0.29) is 10.7 Å². The molecule has 8 nitrogen and oxygen atoms in total. The predicted molar refractivity (Wildman–Crippen MR) is 133 cm³/mol. The molecule has 0 atom stereocenters. The highest BCUT2D eigenvalue weighted by molar-refractivity contribution is 7.17. The number of carbonyl (C=O) groups excluding carboxylic acids is 1. The molecule has 0 saturated carbocycles. The number of nitrogens with one attached hydrogen (secondary N) is 1. The second kappa shape index (κ2) is 11.5. The van der Waals surface area contributed by atoms with Crippen molar-refractivity contribution >= 4 is 34.2 Å². The van der Waals surface area contributed by atoms with Crippen LogP contribution in [0.1, 0.15) is 22.3 Å². The number of methoxy groups -OCH3 is 1. The first-order valence-electron chi connectivity index (χ1n) is 10.2. The number of aromatic nitrogens is 2. The van der Waals surface area contributed by atoms with Gasteiger partial charge < -0.3 is 9.47 Å². The average molecular weight is 474 g/mol. The number of aryl methyl sites for hydroxylation is 1. The summed E-state index contributed by atoms with van der Waals surface area (Å²) in [6.07, 6.45) is 2.94. The smallest absolute Gasteiger partial charge is 0.296 e. The van der Waals surface area contributed by atoms with Gasteiger partial charge in [-0.15, -0.1) is 5.10 Å². The number of rotatable bonds is 9. The average Bonchev–Trinajstić information content (AvgIpc) is 3.30. The van der Waals surface area contributed by atoms with E-state index in [4.69, 9.17) is 9.47 Å². The van der Waals surface area contributed by atoms with Crippen LogP contribution in [0.25, 0.3) is 5.57 Å². The number of aliphatic imine (C=N–C) groups is 1. The Labute approximate surface area is 201 Å². The molecule has 0 fully saturated rings. The Morgan fingerprint density at radius 3 is 2.68 bits per heavy atom. The van der Waals surface area contributed by atoms with Crippen molar-refractivity contribution in [3.05, 3.63) is 82.9 Å². The Morgan fingerprint density at radius 2 is 2.03 bits per heavy atom. The van der Waals surface area contributed by atoms with Gasteiger partial charge in [0.2, 0.25) is 5.13 Å². The number of hydrogen-bond donors (Lipinski definition) is 1. The maximum atomic E-state index is 13.1. The van der Waals surface area contributed by atoms with Crippen molar-refractivity contribution in [1.82, 2.24) is 10.2 Å². The van der Waals surface area contributed by atoms with Gasteiger partial charge in [-0.3, -0.25) is 15.1 Å². The molecule has 1 heterocycles. The van der Waals surface area contributed by atoms with Crippen molar-refractivity contribution in [2.45, 2.75) is 13.5 Å². The first-order valence-corrected chi connectivity index (χ1v) is 11.0. The lowest BCUT2D eigenvalue weighted by atomic mass is 9.97. The van der Waals surface area contributed by atoms with E-state index >= 15 is 0 Å². The molecule has 1 amide bonds. The number of anilines is 1. The molecule has 0 radical (unpaired) electrons. The topological polar surface area (TPSA) is 109 Å². The third-order valence-electron chi connectivity index (χ3n) is 4.74. The molecule has 1 N–H and O–H groups in total. The zero-order chi connectivity index (χ0) is 24.5. The van der Waals surface area contributed by atoms with Crippen molar-refractivity contribution < 1.29 is 14.3 Å². The number of para-hydroxylation sites is 1. The molecule has 0 aliphatic heterocycles. The van der Waals surface area contributed by atoms with Gasteiger partial charge in [0, 0.05) is 30.0 Å². The van der Waals surface area contributed by atoms with Crippen LogP contribution in [0, 0.1) is 18.3 Å². The summed E-state index contributed by atoms with van der Waals surface area (Å²) in [6, 6.07) is 15.1. The zero-order valence-electron chi connectivity index (χ0n) is 19.0. The number of nitrogens with zero attached hydrogens (tertiary/aromatic N) is 4. The molecule has 3 aromatic rings. The standard InChI is InChI=1S/C25H23N5O3S/c1-5-19(21(14-27-3)20-8-6-7-18(13-26)22(20)32-4)23(31)28-24-29-30-25(34-24)33-15-17-11-9-16(2)10-12-17/h5-12,14H,1,15H2,2-4H3,(H,28,29,31)/b21-19-,27-14?. The molecular formula is C25H23N5O3S. The van der Waals surface area contributed by atoms with Gasteiger partial charge in [-0.25, -0.2) is 0 Å². The van der Waals surface area contributed by atoms with E-state index in [9.17, 15) is 10.1 Å². The van der Waals surface area contributed by atoms with E-state index < -0.39 is 5.91 Å². The van der Waals surface area contributed by atoms with Crippen LogP contribution in [-0.2, 0) is 11.4 Å². The normalized spacial score (nSPS) is 11.5. The summed E-state index contributed by atoms with van der Waals surface area (Å²) in [7, 11) is 3.05. The molecule has 34 heavy (non-hydrogen) atoms. The minimum atomic E-state index is -0.462. The number of carbonyl (C=O) groups is 1. The SMILES string of the molecule is C=C/C(C(=O)Nc1nnc(OCc2ccc(C)cc2)s1)=C(\C=NC)c1cccc(C#N)c1OC. The molecule has 0 saturated heterocycles. The third kappa shape index (κ3) is 5.74. The molecule has 3 rings (SSSR count). The highest BCUT2D eigenvalue weighted by Gasteiger charge is 2.19. The molecule has 0 aliphatic carbocycles. The van der Waals surface area contributed by atoms with E-state index in [2.05, 4.69) is 33.2 Å². The van der Waals surface area contributed by atoms with Crippen LogP contribution in [-0.4, -0.2) is 36.5 Å². The second-order valence-corrected chi connectivity index (χ2v) is 7.96. The van der Waals surface area contributed by atoms with Crippen LogP contribution in [0.3, 0.4) is 0 Å². The molecule has 0 aliphatic rings. The minimum absolute atomic E-state index is 0.233. The monoisotopic (exact) mass is 473 g/mol. The lowest BCUT2D eigenvalue weighted by Gasteiger charge is -2.13. The van der Waals surface area contributed by atoms with Gasteiger partial charge in [-0.2, -0.15) is 5.26 Å². The fraction of sp³-hybridized carbons (Fsp3) is 0.160. The summed E-state index contributed by atoms with van der Waals surface area (Å²) in [4.78, 5) is 17.2. The summed E-state index contributed by atoms with van der Waals surface area (Å²) in [5.74, 6) is -0.120. The van der Waals surface area contributed by atoms with Gasteiger partial charge in [-0.1, -0.05) is 59.7 Å². The van der Waals surface area contributed by atoms with E-state index in [0.29, 0.717) is 34.3 Å². The van der Waals surface area contributed by atoms with E-state index in [0.717, 1.165) is 16.9 Å². The number of amides is 1. The number of nitriles is 1. The first kappa shape index (κ1) is 24.4. The van der Waals surface area contributed by atoms with Crippen molar-refractivity contribution in [3.8, 4) is 17.0 Å². The fourth-order valence-electron chi connectivity index (χ4n) is 3.11. The van der Waals surface area contributed by atoms with Gasteiger partial charge in [-0.05, 0) is 29.9 Å². The lowest BCUT2D eigenvalue weighted by Crippen LogP contribution is -2.15. The summed E-state index contributed by atoms with van der Waals surface area (Å²) in [6.45, 7) is 6.14. The molecule has 0 unspecified atom stereocenters. The van der Waals surface area contributed by atoms with Crippen LogP contribution >= 0.6 is 11.3 Å². The molecule has 9 heteroatoms. The number of hydrogen-bond acceptors (Lipinski definition) is 8. The Balaban J connectivity index is 1.84. The summed E-state index contributed by atoms with van der Waals surface area (Å²) in [5, 5.41) is 20.7. The van der Waals surface area contributed by atoms with Crippen LogP contribution in [0.4, 0.5) is 5.13 Å². The van der Waals surface area contributed by atoms with Crippen molar-refractivity contribution in [1.29, 1.82) is 5.26 Å². The van der Waals surface area contributed by atoms with E-state index in [1.54, 1.807) is 25.2 Å². The second-order valence-electron chi connectivity index (χ2n) is 7.02. The largest absolute Gasteiger partial charge is 0.495 e. The van der Waals surface area contributed by atoms with Crippen molar-refractivity contribution in [2.75, 3.05) is 19.5 Å². The predicted octanol–water partition coefficient (Wildman–Crippen LogP) is 4.58. The number of allylic oxidation sites excluding steroid dienone is 1. The highest BCUT2D eigenvalue weighted by Crippen LogP contribution is 2.32. The molecule has 0 bridgehead atoms. The van der Waals surface area contributed by atoms with Gasteiger partial charge in [0.25, 0.3) is 11.1 Å². The Hall–Kier alpha value is -4.29. The number of ether oxygens (including phenoxy) is 2. The van der Waals surface area contributed by atoms with Gasteiger partial charge in [0.05, 0.1) is 12.7 Å². The Morgan fingerprint density at radius 1 is 1.26 bits per heavy atom.